The van der Waals surface area contributed by atoms with Gasteiger partial charge < -0.3 is 9.62 Å². The molecule has 0 fully saturated rings. The first-order valence-electron chi connectivity index (χ1n) is 1.50. The molecule has 3 heteroatoms. The Morgan fingerprint density at radius 2 is 2.50 bits per heavy atom. The van der Waals surface area contributed by atoms with Gasteiger partial charge in [-0.3, -0.25) is 0 Å². The molecule has 0 radical (unpaired) electrons. The summed E-state index contributed by atoms with van der Waals surface area (Å²) in [5, 5.41) is 9.89. The first kappa shape index (κ1) is 3.21. The van der Waals surface area contributed by atoms with Gasteiger partial charge in [0.25, 0.3) is 0 Å². The van der Waals surface area contributed by atoms with E-state index in [2.05, 4.69) is 4.42 Å². The number of hydrogen-bond donors (Lipinski definition) is 0. The highest BCUT2D eigenvalue weighted by molar-refractivity contribution is 4.46. The first-order valence-corrected chi connectivity index (χ1v) is 1.50. The van der Waals surface area contributed by atoms with Crippen molar-refractivity contribution >= 4 is 0 Å². The molecular weight excluding hydrogens is 82.0 g/mol. The summed E-state index contributed by atoms with van der Waals surface area (Å²) in [4.78, 5) is 0. The second-order valence-electron chi connectivity index (χ2n) is 0.887. The Hall–Kier alpha value is -0.990. The minimum Gasteiger partial charge on any atom is -0.616 e. The molecule has 0 spiro atoms. The summed E-state index contributed by atoms with van der Waals surface area (Å²) in [5.41, 5.74) is 0. The fourth-order valence-corrected chi connectivity index (χ4v) is 0.225. The summed E-state index contributed by atoms with van der Waals surface area (Å²) in [7, 11) is 0. The van der Waals surface area contributed by atoms with Crippen molar-refractivity contribution in [3.8, 4) is 0 Å². The minimum atomic E-state index is 0.583. The van der Waals surface area contributed by atoms with Crippen molar-refractivity contribution in [1.82, 2.24) is 0 Å². The van der Waals surface area contributed by atoms with E-state index < -0.39 is 0 Å². The molecule has 0 saturated carbocycles. The fourth-order valence-electron chi connectivity index (χ4n) is 0.225. The van der Waals surface area contributed by atoms with Crippen LogP contribution in [0.4, 0.5) is 0 Å². The Kier molecular flexibility index (Phi) is 0.538. The second-order valence-corrected chi connectivity index (χ2v) is 0.887. The minimum absolute atomic E-state index is 0.583. The summed E-state index contributed by atoms with van der Waals surface area (Å²) in [6, 6.07) is 0. The lowest BCUT2D eigenvalue weighted by molar-refractivity contribution is -0.608. The van der Waals surface area contributed by atoms with Gasteiger partial charge in [-0.15, -0.1) is 4.73 Å². The molecule has 0 saturated heterocycles. The van der Waals surface area contributed by atoms with Crippen LogP contribution < -0.4 is 4.73 Å². The predicted molar refractivity (Wildman–Crippen MR) is 17.7 cm³/mol. The lowest BCUT2D eigenvalue weighted by Gasteiger charge is -1.77. The second kappa shape index (κ2) is 1.01. The van der Waals surface area contributed by atoms with Gasteiger partial charge in [0.2, 0.25) is 6.20 Å². The topological polar surface area (TPSA) is 40.1 Å². The van der Waals surface area contributed by atoms with Crippen molar-refractivity contribution in [2.75, 3.05) is 0 Å². The van der Waals surface area contributed by atoms with E-state index in [0.717, 1.165) is 6.39 Å². The van der Waals surface area contributed by atoms with Crippen molar-refractivity contribution in [3.05, 3.63) is 24.1 Å². The Morgan fingerprint density at radius 3 is 2.67 bits per heavy atom. The molecule has 1 aromatic rings. The Balaban J connectivity index is 3.05. The van der Waals surface area contributed by atoms with Crippen LogP contribution in [0.2, 0.25) is 0 Å². The smallest absolute Gasteiger partial charge is 0.346 e. The fraction of sp³-hybridized carbons (Fsp3) is 0. The summed E-state index contributed by atoms with van der Waals surface area (Å²) >= 11 is 0. The maximum absolute atomic E-state index is 9.89. The highest BCUT2D eigenvalue weighted by atomic mass is 16.5. The largest absolute Gasteiger partial charge is 0.616 e. The average Bonchev–Trinajstić information content (AvgIpc) is 1.86. The molecule has 6 heavy (non-hydrogen) atoms. The summed E-state index contributed by atoms with van der Waals surface area (Å²) in [6.07, 6.45) is 3.66. The zero-order chi connectivity index (χ0) is 4.41. The van der Waals surface area contributed by atoms with E-state index >= 15 is 0 Å². The Morgan fingerprint density at radius 1 is 1.67 bits per heavy atom. The monoisotopic (exact) mass is 85.0 g/mol. The maximum Gasteiger partial charge on any atom is 0.346 e. The van der Waals surface area contributed by atoms with Gasteiger partial charge in [0.15, 0.2) is 6.26 Å². The van der Waals surface area contributed by atoms with Crippen LogP contribution >= 0.6 is 0 Å². The molecule has 0 unspecified atom stereocenters. The van der Waals surface area contributed by atoms with Crippen LogP contribution in [-0.2, 0) is 0 Å². The van der Waals surface area contributed by atoms with Crippen molar-refractivity contribution < 1.29 is 9.15 Å². The number of rotatable bonds is 0. The summed E-state index contributed by atoms with van der Waals surface area (Å²) < 4.78 is 4.95. The number of nitrogens with zero attached hydrogens (tertiary/aromatic N) is 1. The lowest BCUT2D eigenvalue weighted by Crippen LogP contribution is -2.19. The van der Waals surface area contributed by atoms with Crippen molar-refractivity contribution in [2.45, 2.75) is 0 Å². The molecule has 3 nitrogen and oxygen atoms in total. The summed E-state index contributed by atoms with van der Waals surface area (Å²) in [5.74, 6) is 0. The van der Waals surface area contributed by atoms with Crippen molar-refractivity contribution in [1.29, 1.82) is 0 Å². The normalized spacial score (nSPS) is 8.67. The number of oxazole rings is 1. The van der Waals surface area contributed by atoms with E-state index in [1.54, 1.807) is 0 Å². The van der Waals surface area contributed by atoms with Gasteiger partial charge in [0, 0.05) is 0 Å². The lowest BCUT2D eigenvalue weighted by atomic mass is 11.0. The molecule has 1 rings (SSSR count). The van der Waals surface area contributed by atoms with Gasteiger partial charge >= 0.3 is 6.39 Å². The van der Waals surface area contributed by atoms with Crippen LogP contribution in [-0.4, -0.2) is 0 Å². The number of hydrogen-bond acceptors (Lipinski definition) is 2. The van der Waals surface area contributed by atoms with Crippen LogP contribution in [0.15, 0.2) is 23.3 Å². The van der Waals surface area contributed by atoms with Crippen molar-refractivity contribution in [3.63, 3.8) is 0 Å². The van der Waals surface area contributed by atoms with E-state index in [1.165, 1.54) is 12.5 Å². The zero-order valence-electron chi connectivity index (χ0n) is 3.00. The van der Waals surface area contributed by atoms with Gasteiger partial charge in [-0.25, -0.2) is 0 Å². The van der Waals surface area contributed by atoms with Crippen LogP contribution in [0.5, 0.6) is 0 Å². The van der Waals surface area contributed by atoms with Gasteiger partial charge in [0.1, 0.15) is 0 Å². The van der Waals surface area contributed by atoms with E-state index in [1.807, 2.05) is 0 Å². The molecule has 0 N–H and O–H groups in total. The molecule has 0 aliphatic rings. The van der Waals surface area contributed by atoms with Gasteiger partial charge in [0.05, 0.1) is 0 Å². The van der Waals surface area contributed by atoms with E-state index in [4.69, 9.17) is 0 Å². The van der Waals surface area contributed by atoms with E-state index in [-0.39, 0.29) is 0 Å². The van der Waals surface area contributed by atoms with Crippen molar-refractivity contribution in [2.24, 2.45) is 0 Å². The zero-order valence-corrected chi connectivity index (χ0v) is 3.00. The molecule has 1 heterocycles. The third-order valence-corrected chi connectivity index (χ3v) is 0.451. The SMILES string of the molecule is [O-][n+]1ccoc1. The molecule has 0 amide bonds. The van der Waals surface area contributed by atoms with Crippen LogP contribution in [0.25, 0.3) is 0 Å². The summed E-state index contributed by atoms with van der Waals surface area (Å²) in [6.45, 7) is 0. The quantitative estimate of drug-likeness (QED) is 0.326. The molecule has 0 aliphatic heterocycles. The molecular formula is C3H3NO2. The molecule has 32 valence electrons. The third kappa shape index (κ3) is 0.337. The average molecular weight is 85.1 g/mol. The highest BCUT2D eigenvalue weighted by Gasteiger charge is 1.79. The Labute approximate surface area is 34.4 Å². The standard InChI is InChI=1S/C3H3NO2/c5-4-1-2-6-3-4/h1-3H. The molecule has 0 aliphatic carbocycles. The predicted octanol–water partition coefficient (Wildman–Crippen LogP) is -0.0870. The maximum atomic E-state index is 9.89. The van der Waals surface area contributed by atoms with Gasteiger partial charge in [-0.1, -0.05) is 0 Å². The van der Waals surface area contributed by atoms with Crippen LogP contribution in [0.1, 0.15) is 0 Å². The number of aromatic nitrogens is 1. The van der Waals surface area contributed by atoms with Crippen LogP contribution in [0, 0.1) is 5.21 Å². The highest BCUT2D eigenvalue weighted by Crippen LogP contribution is 1.69. The third-order valence-electron chi connectivity index (χ3n) is 0.451. The van der Waals surface area contributed by atoms with Gasteiger partial charge in [-0.05, 0) is 0 Å². The van der Waals surface area contributed by atoms with E-state index in [0.29, 0.717) is 4.73 Å². The van der Waals surface area contributed by atoms with E-state index in [9.17, 15) is 5.21 Å². The first-order chi connectivity index (χ1) is 2.89. The Bertz CT molecular complexity index is 112. The van der Waals surface area contributed by atoms with Crippen LogP contribution in [0.3, 0.4) is 0 Å². The molecule has 0 aromatic carbocycles. The molecule has 0 atom stereocenters. The molecule has 0 bridgehead atoms. The van der Waals surface area contributed by atoms with Gasteiger partial charge in [-0.2, -0.15) is 0 Å². The molecule has 1 aromatic heterocycles.